The first kappa shape index (κ1) is 13.9. The highest BCUT2D eigenvalue weighted by molar-refractivity contribution is 6.00. The van der Waals surface area contributed by atoms with Gasteiger partial charge in [-0.15, -0.1) is 0 Å². The second kappa shape index (κ2) is 5.60. The van der Waals surface area contributed by atoms with Crippen molar-refractivity contribution in [2.75, 3.05) is 23.9 Å². The van der Waals surface area contributed by atoms with Gasteiger partial charge in [0.15, 0.2) is 0 Å². The molecule has 1 fully saturated rings. The summed E-state index contributed by atoms with van der Waals surface area (Å²) in [4.78, 5) is 35.7. The minimum Gasteiger partial charge on any atom is -0.453 e. The molecule has 20 heavy (non-hydrogen) atoms. The van der Waals surface area contributed by atoms with Gasteiger partial charge in [-0.3, -0.25) is 14.9 Å². The normalized spacial score (nSPS) is 17.9. The summed E-state index contributed by atoms with van der Waals surface area (Å²) in [5, 5.41) is 2.51. The first-order chi connectivity index (χ1) is 9.51. The molecular formula is C13H15N3O4. The smallest absolute Gasteiger partial charge is 0.411 e. The molecule has 1 heterocycles. The standard InChI is InChI=1S/C13H15N3O4/c1-20-13(19)15-9-3-2-4-10(6-9)16-7-8(12(14)18)5-11(16)17/h2-4,6,8H,5,7H2,1H3,(H2,14,18)(H,15,19). The van der Waals surface area contributed by atoms with Crippen LogP contribution in [-0.2, 0) is 14.3 Å². The molecule has 1 unspecified atom stereocenters. The molecule has 1 atom stereocenters. The molecule has 106 valence electrons. The molecule has 2 rings (SSSR count). The number of methoxy groups -OCH3 is 1. The van der Waals surface area contributed by atoms with E-state index in [9.17, 15) is 14.4 Å². The van der Waals surface area contributed by atoms with Gasteiger partial charge in [-0.05, 0) is 18.2 Å². The van der Waals surface area contributed by atoms with Gasteiger partial charge in [0.2, 0.25) is 11.8 Å². The molecule has 1 saturated heterocycles. The Morgan fingerprint density at radius 2 is 2.20 bits per heavy atom. The number of rotatable bonds is 3. The Bertz CT molecular complexity index is 558. The average Bonchev–Trinajstić information content (AvgIpc) is 2.81. The number of ether oxygens (including phenoxy) is 1. The Hall–Kier alpha value is -2.57. The SMILES string of the molecule is COC(=O)Nc1cccc(N2CC(C(N)=O)CC2=O)c1. The number of nitrogens with one attached hydrogen (secondary N) is 1. The van der Waals surface area contributed by atoms with Gasteiger partial charge in [-0.25, -0.2) is 4.79 Å². The van der Waals surface area contributed by atoms with Gasteiger partial charge in [-0.2, -0.15) is 0 Å². The van der Waals surface area contributed by atoms with Crippen LogP contribution in [0, 0.1) is 5.92 Å². The average molecular weight is 277 g/mol. The minimum absolute atomic E-state index is 0.115. The van der Waals surface area contributed by atoms with E-state index in [0.717, 1.165) is 0 Å². The monoisotopic (exact) mass is 277 g/mol. The van der Waals surface area contributed by atoms with Crippen LogP contribution in [0.3, 0.4) is 0 Å². The maximum absolute atomic E-state index is 11.9. The van der Waals surface area contributed by atoms with E-state index in [2.05, 4.69) is 10.1 Å². The maximum atomic E-state index is 11.9. The molecule has 0 saturated carbocycles. The van der Waals surface area contributed by atoms with Gasteiger partial charge in [0.05, 0.1) is 13.0 Å². The number of carbonyl (C=O) groups excluding carboxylic acids is 3. The molecule has 7 heteroatoms. The van der Waals surface area contributed by atoms with Crippen molar-refractivity contribution in [1.29, 1.82) is 0 Å². The van der Waals surface area contributed by atoms with E-state index in [0.29, 0.717) is 11.4 Å². The van der Waals surface area contributed by atoms with Crippen molar-refractivity contribution >= 4 is 29.3 Å². The summed E-state index contributed by atoms with van der Waals surface area (Å²) in [6.07, 6.45) is -0.478. The van der Waals surface area contributed by atoms with Crippen LogP contribution in [0.4, 0.5) is 16.2 Å². The molecule has 1 aliphatic heterocycles. The summed E-state index contributed by atoms with van der Waals surface area (Å²) in [6.45, 7) is 0.260. The van der Waals surface area contributed by atoms with Gasteiger partial charge in [0.1, 0.15) is 0 Å². The number of nitrogens with two attached hydrogens (primary N) is 1. The Morgan fingerprint density at radius 1 is 1.45 bits per heavy atom. The highest BCUT2D eigenvalue weighted by Crippen LogP contribution is 2.27. The van der Waals surface area contributed by atoms with Gasteiger partial charge in [0, 0.05) is 24.3 Å². The Labute approximate surface area is 115 Å². The van der Waals surface area contributed by atoms with Crippen molar-refractivity contribution in [3.63, 3.8) is 0 Å². The number of hydrogen-bond donors (Lipinski definition) is 2. The second-order valence-corrected chi connectivity index (χ2v) is 4.47. The van der Waals surface area contributed by atoms with E-state index in [-0.39, 0.29) is 18.9 Å². The zero-order valence-corrected chi connectivity index (χ0v) is 11.0. The van der Waals surface area contributed by atoms with E-state index < -0.39 is 17.9 Å². The van der Waals surface area contributed by atoms with Crippen LogP contribution in [0.25, 0.3) is 0 Å². The van der Waals surface area contributed by atoms with Crippen LogP contribution < -0.4 is 16.0 Å². The number of hydrogen-bond acceptors (Lipinski definition) is 4. The van der Waals surface area contributed by atoms with Crippen LogP contribution in [0.1, 0.15) is 6.42 Å². The summed E-state index contributed by atoms with van der Waals surface area (Å²) in [5.41, 5.74) is 6.33. The molecule has 1 aliphatic rings. The predicted octanol–water partition coefficient (Wildman–Crippen LogP) is 0.703. The third-order valence-electron chi connectivity index (χ3n) is 3.12. The topological polar surface area (TPSA) is 102 Å². The lowest BCUT2D eigenvalue weighted by Crippen LogP contribution is -2.28. The number of carbonyl (C=O) groups is 3. The maximum Gasteiger partial charge on any atom is 0.411 e. The lowest BCUT2D eigenvalue weighted by Gasteiger charge is -2.17. The largest absolute Gasteiger partial charge is 0.453 e. The molecule has 0 aromatic heterocycles. The fourth-order valence-electron chi connectivity index (χ4n) is 2.07. The molecule has 0 aliphatic carbocycles. The highest BCUT2D eigenvalue weighted by atomic mass is 16.5. The summed E-state index contributed by atoms with van der Waals surface area (Å²) in [5.74, 6) is -1.12. The van der Waals surface area contributed by atoms with Crippen molar-refractivity contribution in [1.82, 2.24) is 0 Å². The molecule has 0 radical (unpaired) electrons. The lowest BCUT2D eigenvalue weighted by molar-refractivity contribution is -0.123. The molecule has 3 N–H and O–H groups in total. The van der Waals surface area contributed by atoms with Gasteiger partial charge in [0.25, 0.3) is 0 Å². The Balaban J connectivity index is 2.17. The van der Waals surface area contributed by atoms with E-state index in [1.807, 2.05) is 0 Å². The molecule has 7 nitrogen and oxygen atoms in total. The fourth-order valence-corrected chi connectivity index (χ4v) is 2.07. The van der Waals surface area contributed by atoms with Gasteiger partial charge in [-0.1, -0.05) is 6.07 Å². The van der Waals surface area contributed by atoms with Crippen molar-refractivity contribution in [2.24, 2.45) is 11.7 Å². The quantitative estimate of drug-likeness (QED) is 0.849. The van der Waals surface area contributed by atoms with Crippen LogP contribution in [0.15, 0.2) is 24.3 Å². The van der Waals surface area contributed by atoms with Crippen molar-refractivity contribution in [3.05, 3.63) is 24.3 Å². The van der Waals surface area contributed by atoms with E-state index in [1.165, 1.54) is 12.0 Å². The predicted molar refractivity (Wildman–Crippen MR) is 72.1 cm³/mol. The first-order valence-electron chi connectivity index (χ1n) is 6.06. The third kappa shape index (κ3) is 2.87. The molecule has 1 aromatic rings. The molecule has 0 bridgehead atoms. The van der Waals surface area contributed by atoms with Crippen LogP contribution in [0.2, 0.25) is 0 Å². The molecule has 1 aromatic carbocycles. The van der Waals surface area contributed by atoms with E-state index in [4.69, 9.17) is 5.73 Å². The fraction of sp³-hybridized carbons (Fsp3) is 0.308. The van der Waals surface area contributed by atoms with E-state index >= 15 is 0 Å². The number of anilines is 2. The number of amides is 3. The number of benzene rings is 1. The van der Waals surface area contributed by atoms with Crippen LogP contribution in [-0.4, -0.2) is 31.6 Å². The van der Waals surface area contributed by atoms with Gasteiger partial charge >= 0.3 is 6.09 Å². The van der Waals surface area contributed by atoms with Crippen molar-refractivity contribution in [3.8, 4) is 0 Å². The number of nitrogens with zero attached hydrogens (tertiary/aromatic N) is 1. The minimum atomic E-state index is -0.593. The zero-order chi connectivity index (χ0) is 14.7. The molecule has 3 amide bonds. The van der Waals surface area contributed by atoms with Crippen LogP contribution in [0.5, 0.6) is 0 Å². The lowest BCUT2D eigenvalue weighted by atomic mass is 10.1. The van der Waals surface area contributed by atoms with Crippen molar-refractivity contribution < 1.29 is 19.1 Å². The van der Waals surface area contributed by atoms with E-state index in [1.54, 1.807) is 24.3 Å². The summed E-state index contributed by atoms with van der Waals surface area (Å²) < 4.78 is 4.50. The summed E-state index contributed by atoms with van der Waals surface area (Å²) in [7, 11) is 1.26. The number of primary amides is 1. The third-order valence-corrected chi connectivity index (χ3v) is 3.12. The Kier molecular flexibility index (Phi) is 3.88. The Morgan fingerprint density at radius 3 is 2.80 bits per heavy atom. The molecular weight excluding hydrogens is 262 g/mol. The highest BCUT2D eigenvalue weighted by Gasteiger charge is 2.33. The second-order valence-electron chi connectivity index (χ2n) is 4.47. The summed E-state index contributed by atoms with van der Waals surface area (Å²) in [6, 6.07) is 6.74. The van der Waals surface area contributed by atoms with Crippen molar-refractivity contribution in [2.45, 2.75) is 6.42 Å². The first-order valence-corrected chi connectivity index (χ1v) is 6.06. The summed E-state index contributed by atoms with van der Waals surface area (Å²) >= 11 is 0. The van der Waals surface area contributed by atoms with Gasteiger partial charge < -0.3 is 15.4 Å². The zero-order valence-electron chi connectivity index (χ0n) is 11.0. The molecule has 0 spiro atoms. The van der Waals surface area contributed by atoms with Crippen LogP contribution >= 0.6 is 0 Å².